The van der Waals surface area contributed by atoms with Crippen LogP contribution >= 0.6 is 11.6 Å². The third-order valence-electron chi connectivity index (χ3n) is 5.95. The topological polar surface area (TPSA) is 97.6 Å². The van der Waals surface area contributed by atoms with Gasteiger partial charge in [-0.05, 0) is 42.3 Å². The number of amides is 1. The molecule has 36 heavy (non-hydrogen) atoms. The second-order valence-corrected chi connectivity index (χ2v) is 8.69. The second-order valence-electron chi connectivity index (χ2n) is 8.32. The van der Waals surface area contributed by atoms with Crippen molar-refractivity contribution >= 4 is 29.0 Å². The Morgan fingerprint density at radius 2 is 1.94 bits per heavy atom. The summed E-state index contributed by atoms with van der Waals surface area (Å²) in [7, 11) is 2.89. The predicted octanol–water partition coefficient (Wildman–Crippen LogP) is 5.52. The Hall–Kier alpha value is -3.44. The number of benzene rings is 2. The van der Waals surface area contributed by atoms with Crippen LogP contribution in [0.3, 0.4) is 0 Å². The summed E-state index contributed by atoms with van der Waals surface area (Å²) in [5.74, 6) is -0.0981. The van der Waals surface area contributed by atoms with Gasteiger partial charge in [0.15, 0.2) is 23.2 Å². The van der Waals surface area contributed by atoms with Crippen LogP contribution in [0, 0.1) is 0 Å². The van der Waals surface area contributed by atoms with Crippen molar-refractivity contribution in [2.45, 2.75) is 37.7 Å². The third kappa shape index (κ3) is 4.93. The zero-order valence-electron chi connectivity index (χ0n) is 19.6. The third-order valence-corrected chi connectivity index (χ3v) is 6.31. The zero-order chi connectivity index (χ0) is 26.2. The Kier molecular flexibility index (Phi) is 7.05. The number of methoxy groups -OCH3 is 2. The van der Waals surface area contributed by atoms with Crippen LogP contribution in [0.25, 0.3) is 0 Å². The van der Waals surface area contributed by atoms with Crippen molar-refractivity contribution < 1.29 is 32.5 Å². The largest absolute Gasteiger partial charge is 0.493 e. The molecule has 1 aromatic heterocycles. The number of ether oxygens (including phenoxy) is 2. The van der Waals surface area contributed by atoms with Crippen LogP contribution < -0.4 is 20.1 Å². The van der Waals surface area contributed by atoms with E-state index in [9.17, 15) is 23.1 Å². The van der Waals surface area contributed by atoms with Crippen molar-refractivity contribution in [2.75, 3.05) is 24.9 Å². The molecule has 0 fully saturated rings. The van der Waals surface area contributed by atoms with Crippen LogP contribution in [-0.4, -0.2) is 41.2 Å². The molecule has 2 heterocycles. The first-order chi connectivity index (χ1) is 17.0. The summed E-state index contributed by atoms with van der Waals surface area (Å²) in [6.07, 6.45) is -5.81. The van der Waals surface area contributed by atoms with Gasteiger partial charge in [-0.1, -0.05) is 29.8 Å². The molecule has 0 spiro atoms. The predicted molar refractivity (Wildman–Crippen MR) is 128 cm³/mol. The van der Waals surface area contributed by atoms with Crippen LogP contribution in [0.4, 0.5) is 24.7 Å². The number of hydrogen-bond acceptors (Lipinski definition) is 6. The van der Waals surface area contributed by atoms with Gasteiger partial charge in [0.05, 0.1) is 26.4 Å². The van der Waals surface area contributed by atoms with Gasteiger partial charge in [-0.2, -0.15) is 18.3 Å². The monoisotopic (exact) mass is 524 g/mol. The fourth-order valence-electron chi connectivity index (χ4n) is 4.09. The SMILES string of the molecule is COc1ccc([C@@H]2C[C@@H](C(F)(F)F)n3nc(C(=O)Nc4cccc([C@H](C)O)c4)c(Cl)c3N2)cc1OC. The van der Waals surface area contributed by atoms with Crippen molar-refractivity contribution in [1.82, 2.24) is 9.78 Å². The second kappa shape index (κ2) is 9.90. The molecular weight excluding hydrogens is 501 g/mol. The van der Waals surface area contributed by atoms with E-state index in [4.69, 9.17) is 21.1 Å². The van der Waals surface area contributed by atoms with E-state index >= 15 is 0 Å². The fourth-order valence-corrected chi connectivity index (χ4v) is 4.35. The van der Waals surface area contributed by atoms with E-state index in [1.165, 1.54) is 14.2 Å². The number of aliphatic hydroxyl groups is 1. The van der Waals surface area contributed by atoms with Gasteiger partial charge in [-0.3, -0.25) is 4.79 Å². The molecule has 8 nitrogen and oxygen atoms in total. The van der Waals surface area contributed by atoms with Crippen molar-refractivity contribution in [1.29, 1.82) is 0 Å². The molecule has 2 aromatic carbocycles. The molecule has 192 valence electrons. The number of anilines is 2. The summed E-state index contributed by atoms with van der Waals surface area (Å²) in [6.45, 7) is 1.57. The highest BCUT2D eigenvalue weighted by Crippen LogP contribution is 2.47. The Morgan fingerprint density at radius 3 is 2.58 bits per heavy atom. The van der Waals surface area contributed by atoms with Gasteiger partial charge < -0.3 is 25.2 Å². The number of fused-ring (bicyclic) bond motifs is 1. The molecule has 1 aliphatic rings. The van der Waals surface area contributed by atoms with E-state index in [0.29, 0.717) is 33.0 Å². The number of alkyl halides is 3. The van der Waals surface area contributed by atoms with Gasteiger partial charge in [-0.25, -0.2) is 4.68 Å². The molecule has 0 aliphatic carbocycles. The summed E-state index contributed by atoms with van der Waals surface area (Å²) in [4.78, 5) is 12.9. The van der Waals surface area contributed by atoms with Gasteiger partial charge in [-0.15, -0.1) is 0 Å². The molecule has 0 unspecified atom stereocenters. The molecule has 3 N–H and O–H groups in total. The summed E-state index contributed by atoms with van der Waals surface area (Å²) >= 11 is 6.40. The van der Waals surface area contributed by atoms with Crippen LogP contribution in [0.2, 0.25) is 5.02 Å². The Labute approximate surface area is 210 Å². The first kappa shape index (κ1) is 25.6. The molecule has 12 heteroatoms. The summed E-state index contributed by atoms with van der Waals surface area (Å²) in [5, 5.41) is 19.0. The van der Waals surface area contributed by atoms with E-state index in [0.717, 1.165) is 0 Å². The molecule has 1 aliphatic heterocycles. The number of hydrogen-bond donors (Lipinski definition) is 3. The Bertz CT molecular complexity index is 1280. The van der Waals surface area contributed by atoms with Crippen molar-refractivity contribution in [3.05, 3.63) is 64.3 Å². The summed E-state index contributed by atoms with van der Waals surface area (Å²) in [6, 6.07) is 8.45. The lowest BCUT2D eigenvalue weighted by Gasteiger charge is -2.33. The molecule has 0 bridgehead atoms. The lowest BCUT2D eigenvalue weighted by molar-refractivity contribution is -0.173. The number of aliphatic hydroxyl groups excluding tert-OH is 1. The molecule has 3 atom stereocenters. The molecule has 3 aromatic rings. The van der Waals surface area contributed by atoms with Crippen molar-refractivity contribution in [3.8, 4) is 11.5 Å². The first-order valence-corrected chi connectivity index (χ1v) is 11.3. The van der Waals surface area contributed by atoms with Gasteiger partial charge in [0, 0.05) is 12.1 Å². The smallest absolute Gasteiger partial charge is 0.410 e. The van der Waals surface area contributed by atoms with E-state index in [-0.39, 0.29) is 23.0 Å². The van der Waals surface area contributed by atoms with Gasteiger partial charge in [0.25, 0.3) is 5.91 Å². The molecule has 0 saturated carbocycles. The zero-order valence-corrected chi connectivity index (χ0v) is 20.3. The minimum Gasteiger partial charge on any atom is -0.493 e. The lowest BCUT2D eigenvalue weighted by atomic mass is 9.96. The quantitative estimate of drug-likeness (QED) is 0.393. The highest BCUT2D eigenvalue weighted by atomic mass is 35.5. The fraction of sp³-hybridized carbons (Fsp3) is 0.333. The minimum atomic E-state index is -4.65. The lowest BCUT2D eigenvalue weighted by Crippen LogP contribution is -2.35. The van der Waals surface area contributed by atoms with Crippen LogP contribution in [-0.2, 0) is 0 Å². The number of aromatic nitrogens is 2. The Morgan fingerprint density at radius 1 is 1.22 bits per heavy atom. The van der Waals surface area contributed by atoms with Gasteiger partial charge in [0.1, 0.15) is 10.8 Å². The summed E-state index contributed by atoms with van der Waals surface area (Å²) < 4.78 is 53.4. The molecular formula is C24H24ClF3N4O4. The normalized spacial score (nSPS) is 18.1. The molecule has 1 amide bonds. The van der Waals surface area contributed by atoms with E-state index < -0.39 is 30.3 Å². The Balaban J connectivity index is 1.69. The molecule has 0 saturated heterocycles. The number of nitrogens with zero attached hydrogens (tertiary/aromatic N) is 2. The number of nitrogens with one attached hydrogen (secondary N) is 2. The van der Waals surface area contributed by atoms with Crippen molar-refractivity contribution in [2.24, 2.45) is 0 Å². The first-order valence-electron chi connectivity index (χ1n) is 11.0. The van der Waals surface area contributed by atoms with Crippen LogP contribution in [0.5, 0.6) is 11.5 Å². The maximum atomic E-state index is 14.1. The van der Waals surface area contributed by atoms with Gasteiger partial charge >= 0.3 is 6.18 Å². The number of halogens is 4. The number of rotatable bonds is 6. The van der Waals surface area contributed by atoms with E-state index in [2.05, 4.69) is 15.7 Å². The van der Waals surface area contributed by atoms with Crippen LogP contribution in [0.15, 0.2) is 42.5 Å². The standard InChI is InChI=1S/C24H24ClF3N4O4/c1-12(33)13-5-4-6-15(9-13)29-23(34)21-20(25)22-30-16(11-19(24(26,27)28)32(22)31-21)14-7-8-17(35-2)18(10-14)36-3/h4-10,12,16,19,30,33H,11H2,1-3H3,(H,29,34)/t12-,16-,19-/m0/s1. The minimum absolute atomic E-state index is 0.118. The summed E-state index contributed by atoms with van der Waals surface area (Å²) in [5.41, 5.74) is 1.05. The molecule has 0 radical (unpaired) electrons. The van der Waals surface area contributed by atoms with Gasteiger partial charge in [0.2, 0.25) is 0 Å². The molecule has 4 rings (SSSR count). The number of carbonyl (C=O) groups excluding carboxylic acids is 1. The highest BCUT2D eigenvalue weighted by Gasteiger charge is 2.48. The van der Waals surface area contributed by atoms with Crippen LogP contribution in [0.1, 0.15) is 53.1 Å². The number of carbonyl (C=O) groups is 1. The maximum Gasteiger partial charge on any atom is 0.410 e. The average Bonchev–Trinajstić information content (AvgIpc) is 3.18. The highest BCUT2D eigenvalue weighted by molar-refractivity contribution is 6.36. The van der Waals surface area contributed by atoms with E-state index in [1.807, 2.05) is 0 Å². The van der Waals surface area contributed by atoms with E-state index in [1.54, 1.807) is 49.4 Å². The van der Waals surface area contributed by atoms with Crippen molar-refractivity contribution in [3.63, 3.8) is 0 Å². The maximum absolute atomic E-state index is 14.1. The average molecular weight is 525 g/mol.